The van der Waals surface area contributed by atoms with E-state index in [1.54, 1.807) is 30.7 Å². The van der Waals surface area contributed by atoms with Crippen LogP contribution in [0.5, 0.6) is 0 Å². The Balaban J connectivity index is 1.65. The van der Waals surface area contributed by atoms with Crippen LogP contribution in [0.4, 0.5) is 8.78 Å². The Bertz CT molecular complexity index is 1350. The lowest BCUT2D eigenvalue weighted by atomic mass is 9.97. The number of halogens is 2. The van der Waals surface area contributed by atoms with E-state index < -0.39 is 34.2 Å². The lowest BCUT2D eigenvalue weighted by Crippen LogP contribution is -2.18. The Hall–Kier alpha value is -3.47. The zero-order valence-electron chi connectivity index (χ0n) is 17.1. The van der Waals surface area contributed by atoms with Gasteiger partial charge in [-0.3, -0.25) is 19.0 Å². The molecule has 0 radical (unpaired) electrons. The van der Waals surface area contributed by atoms with Crippen LogP contribution in [0.2, 0.25) is 0 Å². The third-order valence-electron chi connectivity index (χ3n) is 5.00. The van der Waals surface area contributed by atoms with Crippen molar-refractivity contribution in [2.45, 2.75) is 12.8 Å². The summed E-state index contributed by atoms with van der Waals surface area (Å²) in [7, 11) is 0. The van der Waals surface area contributed by atoms with Crippen LogP contribution in [0.1, 0.15) is 27.9 Å². The molecule has 0 spiro atoms. The maximum absolute atomic E-state index is 15.0. The summed E-state index contributed by atoms with van der Waals surface area (Å²) < 4.78 is 52.7. The first-order chi connectivity index (χ1) is 15.9. The van der Waals surface area contributed by atoms with E-state index in [4.69, 9.17) is 0 Å². The highest BCUT2D eigenvalue weighted by molar-refractivity contribution is 7.77. The summed E-state index contributed by atoms with van der Waals surface area (Å²) in [5.41, 5.74) is 1.74. The van der Waals surface area contributed by atoms with E-state index >= 15 is 4.39 Å². The summed E-state index contributed by atoms with van der Waals surface area (Å²) in [5, 5.41) is 0. The number of nitrogens with one attached hydrogen (secondary N) is 1. The molecule has 2 aromatic carbocycles. The normalized spacial score (nSPS) is 12.1. The fraction of sp³-hybridized carbons (Fsp3) is 0.130. The van der Waals surface area contributed by atoms with Gasteiger partial charge in [-0.25, -0.2) is 18.5 Å². The fourth-order valence-electron chi connectivity index (χ4n) is 3.38. The van der Waals surface area contributed by atoms with Crippen LogP contribution < -0.4 is 4.72 Å². The molecule has 0 aliphatic rings. The highest BCUT2D eigenvalue weighted by atomic mass is 32.2. The molecule has 33 heavy (non-hydrogen) atoms. The number of carbonyl (C=O) groups excluding carboxylic acids is 1. The first-order valence-electron chi connectivity index (χ1n) is 9.95. The molecule has 2 aromatic heterocycles. The van der Waals surface area contributed by atoms with Gasteiger partial charge in [-0.15, -0.1) is 0 Å². The molecule has 2 heterocycles. The SMILES string of the molecule is O=C(c1ccc2ncc(-c3cccnc3)nc2c1)c1c(F)ccc(CCCNS(=O)[O-])c1F. The third kappa shape index (κ3) is 5.14. The van der Waals surface area contributed by atoms with Gasteiger partial charge >= 0.3 is 0 Å². The van der Waals surface area contributed by atoms with Crippen molar-refractivity contribution in [2.75, 3.05) is 6.54 Å². The molecule has 4 aromatic rings. The first kappa shape index (κ1) is 22.7. The van der Waals surface area contributed by atoms with Crippen molar-refractivity contribution in [2.24, 2.45) is 0 Å². The minimum atomic E-state index is -2.42. The summed E-state index contributed by atoms with van der Waals surface area (Å²) in [6.45, 7) is 0.0961. The van der Waals surface area contributed by atoms with Crippen LogP contribution in [-0.2, 0) is 17.7 Å². The van der Waals surface area contributed by atoms with Crippen molar-refractivity contribution in [3.05, 3.63) is 89.4 Å². The summed E-state index contributed by atoms with van der Waals surface area (Å²) in [5.74, 6) is -2.75. The lowest BCUT2D eigenvalue weighted by molar-refractivity contribution is 0.103. The standard InChI is InChI=1S/C23H18F2N4O3S/c24-17-7-5-14(3-2-10-28-33(31)32)22(25)21(17)23(30)15-6-8-18-19(11-15)29-20(13-27-18)16-4-1-9-26-12-16/h1,4-9,11-13,28H,2-3,10H2,(H,31,32)/p-1. The number of rotatable bonds is 8. The van der Waals surface area contributed by atoms with E-state index in [1.807, 2.05) is 6.07 Å². The number of carbonyl (C=O) groups is 1. The number of hydrogen-bond acceptors (Lipinski definition) is 6. The van der Waals surface area contributed by atoms with E-state index in [1.165, 1.54) is 18.2 Å². The van der Waals surface area contributed by atoms with Crippen LogP contribution in [0.25, 0.3) is 22.3 Å². The Morgan fingerprint density at radius 3 is 2.70 bits per heavy atom. The first-order valence-corrected chi connectivity index (χ1v) is 11.0. The predicted molar refractivity (Wildman–Crippen MR) is 118 cm³/mol. The summed E-state index contributed by atoms with van der Waals surface area (Å²) in [6.07, 6.45) is 5.26. The maximum Gasteiger partial charge on any atom is 0.199 e. The Labute approximate surface area is 190 Å². The number of nitrogens with zero attached hydrogens (tertiary/aromatic N) is 3. The monoisotopic (exact) mass is 467 g/mol. The third-order valence-corrected chi connectivity index (χ3v) is 5.44. The second-order valence-corrected chi connectivity index (χ2v) is 7.92. The zero-order chi connectivity index (χ0) is 23.4. The van der Waals surface area contributed by atoms with Crippen LogP contribution in [-0.4, -0.2) is 36.0 Å². The van der Waals surface area contributed by atoms with Gasteiger partial charge in [0.1, 0.15) is 11.6 Å². The van der Waals surface area contributed by atoms with Gasteiger partial charge in [-0.2, -0.15) is 0 Å². The molecule has 168 valence electrons. The molecule has 0 aliphatic carbocycles. The maximum atomic E-state index is 15.0. The Morgan fingerprint density at radius 2 is 1.94 bits per heavy atom. The number of fused-ring (bicyclic) bond motifs is 1. The van der Waals surface area contributed by atoms with Gasteiger partial charge in [0.15, 0.2) is 5.78 Å². The molecule has 1 unspecified atom stereocenters. The van der Waals surface area contributed by atoms with Crippen LogP contribution >= 0.6 is 0 Å². The summed E-state index contributed by atoms with van der Waals surface area (Å²) in [6, 6.07) is 10.3. The summed E-state index contributed by atoms with van der Waals surface area (Å²) >= 11 is -2.42. The molecule has 0 bridgehead atoms. The molecule has 1 N–H and O–H groups in total. The van der Waals surface area contributed by atoms with Gasteiger partial charge in [-0.1, -0.05) is 6.07 Å². The van der Waals surface area contributed by atoms with Gasteiger partial charge < -0.3 is 4.55 Å². The molecule has 0 saturated heterocycles. The van der Waals surface area contributed by atoms with Gasteiger partial charge in [-0.05, 0) is 54.8 Å². The molecule has 0 aliphatic heterocycles. The van der Waals surface area contributed by atoms with Crippen molar-refractivity contribution in [1.29, 1.82) is 0 Å². The average Bonchev–Trinajstić information content (AvgIpc) is 2.82. The lowest BCUT2D eigenvalue weighted by Gasteiger charge is -2.11. The Kier molecular flexibility index (Phi) is 6.87. The highest BCUT2D eigenvalue weighted by Gasteiger charge is 2.22. The van der Waals surface area contributed by atoms with Gasteiger partial charge in [0.05, 0.1) is 28.5 Å². The number of ketones is 1. The highest BCUT2D eigenvalue weighted by Crippen LogP contribution is 2.24. The number of benzene rings is 2. The average molecular weight is 467 g/mol. The molecule has 0 amide bonds. The fourth-order valence-corrected chi connectivity index (χ4v) is 3.69. The minimum absolute atomic E-state index is 0.0681. The van der Waals surface area contributed by atoms with E-state index in [-0.39, 0.29) is 30.5 Å². The molecule has 7 nitrogen and oxygen atoms in total. The zero-order valence-corrected chi connectivity index (χ0v) is 17.9. The number of aromatic nitrogens is 3. The topological polar surface area (TPSA) is 108 Å². The van der Waals surface area contributed by atoms with E-state index in [2.05, 4.69) is 19.7 Å². The van der Waals surface area contributed by atoms with E-state index in [0.717, 1.165) is 11.6 Å². The molecule has 4 rings (SSSR count). The number of pyridine rings is 1. The molecule has 1 atom stereocenters. The molecule has 0 saturated carbocycles. The van der Waals surface area contributed by atoms with Crippen molar-refractivity contribution < 1.29 is 22.3 Å². The van der Waals surface area contributed by atoms with Crippen LogP contribution in [0, 0.1) is 11.6 Å². The predicted octanol–water partition coefficient (Wildman–Crippen LogP) is 3.52. The largest absolute Gasteiger partial charge is 0.760 e. The molecular weight excluding hydrogens is 450 g/mol. The smallest absolute Gasteiger partial charge is 0.199 e. The van der Waals surface area contributed by atoms with E-state index in [0.29, 0.717) is 16.7 Å². The number of hydrogen-bond donors (Lipinski definition) is 1. The summed E-state index contributed by atoms with van der Waals surface area (Å²) in [4.78, 5) is 25.9. The quantitative estimate of drug-likeness (QED) is 0.241. The van der Waals surface area contributed by atoms with E-state index in [9.17, 15) is 17.9 Å². The second-order valence-electron chi connectivity index (χ2n) is 7.16. The number of aryl methyl sites for hydroxylation is 1. The van der Waals surface area contributed by atoms with Gasteiger partial charge in [0.25, 0.3) is 0 Å². The molecule has 10 heteroatoms. The molecule has 0 fully saturated rings. The van der Waals surface area contributed by atoms with Crippen LogP contribution in [0.15, 0.2) is 61.1 Å². The van der Waals surface area contributed by atoms with Gasteiger partial charge in [0, 0.05) is 41.3 Å². The van der Waals surface area contributed by atoms with Crippen LogP contribution in [0.3, 0.4) is 0 Å². The van der Waals surface area contributed by atoms with Crippen molar-refractivity contribution >= 4 is 28.1 Å². The second kappa shape index (κ2) is 9.99. The van der Waals surface area contributed by atoms with Crippen molar-refractivity contribution in [1.82, 2.24) is 19.7 Å². The van der Waals surface area contributed by atoms with Crippen molar-refractivity contribution in [3.8, 4) is 11.3 Å². The van der Waals surface area contributed by atoms with Crippen molar-refractivity contribution in [3.63, 3.8) is 0 Å². The Morgan fingerprint density at radius 1 is 1.09 bits per heavy atom. The van der Waals surface area contributed by atoms with Gasteiger partial charge in [0.2, 0.25) is 0 Å². The minimum Gasteiger partial charge on any atom is -0.760 e. The molecular formula is C23H17F2N4O3S-.